The van der Waals surface area contributed by atoms with E-state index in [0.717, 1.165) is 11.1 Å². The largest absolute Gasteiger partial charge is 0.325 e. The lowest BCUT2D eigenvalue weighted by Gasteiger charge is -2.32. The van der Waals surface area contributed by atoms with Crippen LogP contribution >= 0.6 is 23.4 Å². The summed E-state index contributed by atoms with van der Waals surface area (Å²) in [6.07, 6.45) is 0.101. The molecule has 1 unspecified atom stereocenters. The summed E-state index contributed by atoms with van der Waals surface area (Å²) < 4.78 is 0. The van der Waals surface area contributed by atoms with E-state index in [2.05, 4.69) is 10.3 Å². The van der Waals surface area contributed by atoms with Gasteiger partial charge in [-0.25, -0.2) is 4.99 Å². The Labute approximate surface area is 196 Å². The van der Waals surface area contributed by atoms with Crippen molar-refractivity contribution in [2.24, 2.45) is 4.99 Å². The van der Waals surface area contributed by atoms with Gasteiger partial charge in [-0.05, 0) is 48.4 Å². The van der Waals surface area contributed by atoms with Gasteiger partial charge in [0.05, 0.1) is 12.2 Å². The number of rotatable bonds is 5. The van der Waals surface area contributed by atoms with Crippen molar-refractivity contribution in [3.05, 3.63) is 95.0 Å². The maximum absolute atomic E-state index is 13.1. The first-order valence-electron chi connectivity index (χ1n) is 10.2. The van der Waals surface area contributed by atoms with Crippen LogP contribution in [0.2, 0.25) is 5.02 Å². The van der Waals surface area contributed by atoms with Gasteiger partial charge >= 0.3 is 0 Å². The molecule has 1 atom stereocenters. The predicted molar refractivity (Wildman–Crippen MR) is 131 cm³/mol. The molecule has 1 saturated heterocycles. The van der Waals surface area contributed by atoms with Gasteiger partial charge in [0.1, 0.15) is 5.25 Å². The van der Waals surface area contributed by atoms with Crippen LogP contribution in [0.25, 0.3) is 0 Å². The molecular formula is C25H22ClN3O2S. The Hall–Kier alpha value is -3.09. The number of carbonyl (C=O) groups is 2. The lowest BCUT2D eigenvalue weighted by Crippen LogP contribution is -2.44. The minimum atomic E-state index is -0.576. The van der Waals surface area contributed by atoms with Crippen molar-refractivity contribution in [1.82, 2.24) is 4.90 Å². The van der Waals surface area contributed by atoms with Crippen molar-refractivity contribution in [1.29, 1.82) is 0 Å². The number of amidine groups is 1. The van der Waals surface area contributed by atoms with E-state index >= 15 is 0 Å². The van der Waals surface area contributed by atoms with Crippen LogP contribution < -0.4 is 5.32 Å². The predicted octanol–water partition coefficient (Wildman–Crippen LogP) is 5.81. The summed E-state index contributed by atoms with van der Waals surface area (Å²) in [6.45, 7) is 2.35. The fraction of sp³-hybridized carbons (Fsp3) is 0.160. The zero-order chi connectivity index (χ0) is 22.5. The quantitative estimate of drug-likeness (QED) is 0.519. The highest BCUT2D eigenvalue weighted by atomic mass is 35.5. The Bertz CT molecular complexity index is 1170. The normalized spacial score (nSPS) is 17.4. The summed E-state index contributed by atoms with van der Waals surface area (Å²) in [6, 6.07) is 24.4. The number of nitrogens with one attached hydrogen (secondary N) is 1. The third-order valence-corrected chi connectivity index (χ3v) is 6.36. The number of aryl methyl sites for hydroxylation is 1. The first-order chi connectivity index (χ1) is 15.5. The van der Waals surface area contributed by atoms with E-state index in [0.29, 0.717) is 28.1 Å². The Morgan fingerprint density at radius 1 is 1.09 bits per heavy atom. The summed E-state index contributed by atoms with van der Waals surface area (Å²) in [5.41, 5.74) is 3.38. The van der Waals surface area contributed by atoms with Crippen LogP contribution in [-0.4, -0.2) is 27.1 Å². The minimum Gasteiger partial charge on any atom is -0.325 e. The fourth-order valence-corrected chi connectivity index (χ4v) is 4.65. The summed E-state index contributed by atoms with van der Waals surface area (Å²) in [5.74, 6) is -0.357. The van der Waals surface area contributed by atoms with Crippen molar-refractivity contribution >= 4 is 51.7 Å². The highest BCUT2D eigenvalue weighted by molar-refractivity contribution is 8.15. The average Bonchev–Trinajstić information content (AvgIpc) is 2.76. The first-order valence-corrected chi connectivity index (χ1v) is 11.5. The second-order valence-corrected chi connectivity index (χ2v) is 9.12. The van der Waals surface area contributed by atoms with E-state index in [-0.39, 0.29) is 18.2 Å². The summed E-state index contributed by atoms with van der Waals surface area (Å²) in [4.78, 5) is 32.4. The molecule has 7 heteroatoms. The lowest BCUT2D eigenvalue weighted by molar-refractivity contribution is -0.129. The number of halogens is 1. The van der Waals surface area contributed by atoms with Gasteiger partial charge in [0, 0.05) is 17.1 Å². The molecule has 0 bridgehead atoms. The molecule has 0 saturated carbocycles. The third-order valence-electron chi connectivity index (χ3n) is 4.93. The monoisotopic (exact) mass is 463 g/mol. The van der Waals surface area contributed by atoms with E-state index in [1.165, 1.54) is 11.8 Å². The van der Waals surface area contributed by atoms with E-state index in [9.17, 15) is 9.59 Å². The molecule has 2 amide bonds. The maximum atomic E-state index is 13.1. The van der Waals surface area contributed by atoms with Gasteiger partial charge in [-0.1, -0.05) is 71.9 Å². The highest BCUT2D eigenvalue weighted by Gasteiger charge is 2.36. The molecule has 3 aromatic rings. The number of hydrogen-bond acceptors (Lipinski definition) is 4. The van der Waals surface area contributed by atoms with Crippen LogP contribution in [-0.2, 0) is 16.1 Å². The molecule has 1 aliphatic rings. The van der Waals surface area contributed by atoms with Gasteiger partial charge in [0.15, 0.2) is 5.17 Å². The Morgan fingerprint density at radius 3 is 2.62 bits per heavy atom. The lowest BCUT2D eigenvalue weighted by atomic mass is 10.2. The van der Waals surface area contributed by atoms with Gasteiger partial charge in [-0.15, -0.1) is 0 Å². The Morgan fingerprint density at radius 2 is 1.88 bits per heavy atom. The number of thioether (sulfide) groups is 1. The van der Waals surface area contributed by atoms with Crippen molar-refractivity contribution in [2.75, 3.05) is 5.32 Å². The molecule has 1 fully saturated rings. The van der Waals surface area contributed by atoms with Crippen molar-refractivity contribution in [3.63, 3.8) is 0 Å². The van der Waals surface area contributed by atoms with Crippen molar-refractivity contribution < 1.29 is 9.59 Å². The zero-order valence-electron chi connectivity index (χ0n) is 17.5. The van der Waals surface area contributed by atoms with E-state index in [1.807, 2.05) is 67.6 Å². The summed E-state index contributed by atoms with van der Waals surface area (Å²) >= 11 is 7.41. The van der Waals surface area contributed by atoms with Gasteiger partial charge < -0.3 is 5.32 Å². The topological polar surface area (TPSA) is 61.8 Å². The molecule has 5 nitrogen and oxygen atoms in total. The van der Waals surface area contributed by atoms with Gasteiger partial charge in [-0.2, -0.15) is 0 Å². The number of amides is 2. The van der Waals surface area contributed by atoms with Crippen LogP contribution in [0, 0.1) is 6.92 Å². The molecule has 0 radical (unpaired) electrons. The van der Waals surface area contributed by atoms with Crippen LogP contribution in [0.1, 0.15) is 17.5 Å². The highest BCUT2D eigenvalue weighted by Crippen LogP contribution is 2.31. The molecule has 1 heterocycles. The molecule has 0 spiro atoms. The zero-order valence-corrected chi connectivity index (χ0v) is 19.1. The number of nitrogens with zero attached hydrogens (tertiary/aromatic N) is 2. The van der Waals surface area contributed by atoms with E-state index < -0.39 is 5.25 Å². The summed E-state index contributed by atoms with van der Waals surface area (Å²) in [7, 11) is 0. The molecule has 162 valence electrons. The molecule has 4 rings (SSSR count). The number of benzene rings is 3. The third kappa shape index (κ3) is 5.58. The van der Waals surface area contributed by atoms with E-state index in [4.69, 9.17) is 11.6 Å². The van der Waals surface area contributed by atoms with Crippen LogP contribution in [0.3, 0.4) is 0 Å². The van der Waals surface area contributed by atoms with Crippen molar-refractivity contribution in [3.8, 4) is 0 Å². The van der Waals surface area contributed by atoms with Crippen molar-refractivity contribution in [2.45, 2.75) is 25.1 Å². The second-order valence-electron chi connectivity index (χ2n) is 7.51. The fourth-order valence-electron chi connectivity index (χ4n) is 3.36. The number of anilines is 1. The van der Waals surface area contributed by atoms with Crippen LogP contribution in [0.4, 0.5) is 11.4 Å². The first kappa shape index (κ1) is 22.1. The van der Waals surface area contributed by atoms with Crippen LogP contribution in [0.5, 0.6) is 0 Å². The Kier molecular flexibility index (Phi) is 6.93. The molecular weight excluding hydrogens is 442 g/mol. The van der Waals surface area contributed by atoms with Gasteiger partial charge in [0.2, 0.25) is 11.8 Å². The number of hydrogen-bond donors (Lipinski definition) is 1. The smallest absolute Gasteiger partial charge is 0.238 e. The van der Waals surface area contributed by atoms with Gasteiger partial charge in [0.25, 0.3) is 0 Å². The molecule has 0 aromatic heterocycles. The number of carbonyl (C=O) groups excluding carboxylic acids is 2. The van der Waals surface area contributed by atoms with E-state index in [1.54, 1.807) is 23.1 Å². The Balaban J connectivity index is 1.60. The summed E-state index contributed by atoms with van der Waals surface area (Å²) in [5, 5.41) is 3.39. The molecule has 0 aliphatic carbocycles. The molecule has 1 N–H and O–H groups in total. The molecule has 3 aromatic carbocycles. The van der Waals surface area contributed by atoms with Gasteiger partial charge in [-0.3, -0.25) is 14.5 Å². The molecule has 32 heavy (non-hydrogen) atoms. The number of aliphatic imine (C=N–C) groups is 1. The SMILES string of the molecule is Cc1cccc(NC(=O)C2CC(=O)N(Cc3ccccc3)C(=Nc3cccc(Cl)c3)S2)c1. The minimum absolute atomic E-state index is 0.101. The second kappa shape index (κ2) is 10.0. The average molecular weight is 464 g/mol. The molecule has 1 aliphatic heterocycles. The standard InChI is InChI=1S/C25H22ClN3O2S/c1-17-7-5-11-20(13-17)27-24(31)22-15-23(30)29(16-18-8-3-2-4-9-18)25(32-22)28-21-12-6-10-19(26)14-21/h2-14,22H,15-16H2,1H3,(H,27,31). The maximum Gasteiger partial charge on any atom is 0.238 e. The van der Waals surface area contributed by atoms with Crippen LogP contribution in [0.15, 0.2) is 83.9 Å².